The minimum absolute atomic E-state index is 0.101. The Morgan fingerprint density at radius 2 is 2.03 bits per heavy atom. The van der Waals surface area contributed by atoms with Gasteiger partial charge in [0.2, 0.25) is 0 Å². The van der Waals surface area contributed by atoms with Crippen LogP contribution in [-0.4, -0.2) is 17.1 Å². The van der Waals surface area contributed by atoms with Gasteiger partial charge in [-0.05, 0) is 41.5 Å². The lowest BCUT2D eigenvalue weighted by atomic mass is 10.0. The zero-order valence-corrected chi connectivity index (χ0v) is 19.8. The van der Waals surface area contributed by atoms with Crippen LogP contribution in [0, 0.1) is 0 Å². The van der Waals surface area contributed by atoms with E-state index in [9.17, 15) is 9.59 Å². The monoisotopic (exact) mass is 464 g/mol. The summed E-state index contributed by atoms with van der Waals surface area (Å²) in [5.74, 6) is -0.0366. The van der Waals surface area contributed by atoms with E-state index >= 15 is 0 Å². The van der Waals surface area contributed by atoms with Gasteiger partial charge >= 0.3 is 5.97 Å². The van der Waals surface area contributed by atoms with Gasteiger partial charge in [0, 0.05) is 4.88 Å². The molecule has 0 bridgehead atoms. The molecule has 0 spiro atoms. The van der Waals surface area contributed by atoms with Gasteiger partial charge in [0.05, 0.1) is 15.8 Å². The Labute approximate surface area is 194 Å². The van der Waals surface area contributed by atoms with Crippen LogP contribution in [0.15, 0.2) is 75.5 Å². The number of fused-ring (bicyclic) bond motifs is 1. The Hall–Kier alpha value is -3.03. The van der Waals surface area contributed by atoms with Crippen LogP contribution in [0.4, 0.5) is 0 Å². The first-order valence-corrected chi connectivity index (χ1v) is 12.0. The maximum absolute atomic E-state index is 13.5. The lowest BCUT2D eigenvalue weighted by molar-refractivity contribution is -0.138. The highest BCUT2D eigenvalue weighted by Gasteiger charge is 2.33. The number of benzene rings is 1. The number of esters is 1. The molecule has 7 heteroatoms. The molecule has 1 aromatic carbocycles. The molecule has 4 rings (SSSR count). The van der Waals surface area contributed by atoms with E-state index in [1.807, 2.05) is 35.7 Å². The van der Waals surface area contributed by atoms with Crippen LogP contribution in [0.2, 0.25) is 0 Å². The molecule has 2 aromatic heterocycles. The molecular formula is C25H24N2O3S2. The Balaban J connectivity index is 1.85. The van der Waals surface area contributed by atoms with Gasteiger partial charge < -0.3 is 4.74 Å². The molecule has 32 heavy (non-hydrogen) atoms. The van der Waals surface area contributed by atoms with Crippen molar-refractivity contribution in [3.8, 4) is 0 Å². The molecule has 5 nitrogen and oxygen atoms in total. The summed E-state index contributed by atoms with van der Waals surface area (Å²) in [6.07, 6.45) is 3.40. The summed E-state index contributed by atoms with van der Waals surface area (Å²) in [5, 5.41) is 1.93. The molecule has 3 aromatic rings. The molecule has 1 atom stereocenters. The number of allylic oxidation sites excluding steroid dienone is 1. The molecule has 0 radical (unpaired) electrons. The molecule has 0 saturated carbocycles. The van der Waals surface area contributed by atoms with Crippen LogP contribution >= 0.6 is 22.7 Å². The Morgan fingerprint density at radius 1 is 1.28 bits per heavy atom. The van der Waals surface area contributed by atoms with E-state index in [1.54, 1.807) is 11.5 Å². The number of rotatable bonds is 6. The standard InChI is InChI=1S/C25H24N2O3S2/c1-5-12-30-24(29)21-16(4)26-25-27(22(21)19-7-6-13-31-19)23(28)20(32-25)14-17-8-10-18(11-9-17)15(2)3/h5-11,13-15,22H,1,12H2,2-4H3. The van der Waals surface area contributed by atoms with Gasteiger partial charge in [-0.1, -0.05) is 68.2 Å². The second kappa shape index (κ2) is 9.22. The first-order chi connectivity index (χ1) is 15.4. The number of hydrogen-bond acceptors (Lipinski definition) is 6. The van der Waals surface area contributed by atoms with Crippen molar-refractivity contribution in [1.82, 2.24) is 4.57 Å². The summed E-state index contributed by atoms with van der Waals surface area (Å²) < 4.78 is 7.52. The van der Waals surface area contributed by atoms with Crippen LogP contribution in [0.25, 0.3) is 6.08 Å². The Morgan fingerprint density at radius 3 is 2.66 bits per heavy atom. The lowest BCUT2D eigenvalue weighted by Crippen LogP contribution is -2.39. The van der Waals surface area contributed by atoms with Gasteiger partial charge in [-0.15, -0.1) is 11.3 Å². The molecule has 1 aliphatic heterocycles. The van der Waals surface area contributed by atoms with Crippen molar-refractivity contribution in [2.75, 3.05) is 6.61 Å². The van der Waals surface area contributed by atoms with Gasteiger partial charge in [-0.3, -0.25) is 9.36 Å². The van der Waals surface area contributed by atoms with Crippen molar-refractivity contribution in [1.29, 1.82) is 0 Å². The zero-order valence-electron chi connectivity index (χ0n) is 18.2. The molecule has 0 fully saturated rings. The number of aromatic nitrogens is 1. The highest BCUT2D eigenvalue weighted by molar-refractivity contribution is 7.10. The van der Waals surface area contributed by atoms with Crippen molar-refractivity contribution in [3.63, 3.8) is 0 Å². The molecule has 0 amide bonds. The van der Waals surface area contributed by atoms with Crippen LogP contribution in [-0.2, 0) is 9.53 Å². The SMILES string of the molecule is C=CCOC(=O)C1=C(C)N=c2sc(=Cc3ccc(C(C)C)cc3)c(=O)n2C1c1cccs1. The number of carbonyl (C=O) groups excluding carboxylic acids is 1. The number of thiazole rings is 1. The van der Waals surface area contributed by atoms with Crippen molar-refractivity contribution in [3.05, 3.63) is 101 Å². The van der Waals surface area contributed by atoms with Gasteiger partial charge in [-0.25, -0.2) is 9.79 Å². The number of ether oxygens (including phenoxy) is 1. The van der Waals surface area contributed by atoms with Crippen molar-refractivity contribution < 1.29 is 9.53 Å². The van der Waals surface area contributed by atoms with E-state index in [1.165, 1.54) is 34.3 Å². The average Bonchev–Trinajstić information content (AvgIpc) is 3.40. The van der Waals surface area contributed by atoms with Crippen LogP contribution in [0.3, 0.4) is 0 Å². The smallest absolute Gasteiger partial charge is 0.338 e. The minimum Gasteiger partial charge on any atom is -0.458 e. The minimum atomic E-state index is -0.561. The average molecular weight is 465 g/mol. The highest BCUT2D eigenvalue weighted by Crippen LogP contribution is 2.33. The van der Waals surface area contributed by atoms with Crippen molar-refractivity contribution >= 4 is 34.7 Å². The second-order valence-electron chi connectivity index (χ2n) is 7.81. The van der Waals surface area contributed by atoms with Gasteiger partial charge in [0.15, 0.2) is 4.80 Å². The van der Waals surface area contributed by atoms with Crippen LogP contribution in [0.1, 0.15) is 48.7 Å². The zero-order chi connectivity index (χ0) is 22.8. The third kappa shape index (κ3) is 4.18. The van der Waals surface area contributed by atoms with Crippen LogP contribution in [0.5, 0.6) is 0 Å². The topological polar surface area (TPSA) is 60.7 Å². The van der Waals surface area contributed by atoms with E-state index in [0.29, 0.717) is 26.5 Å². The van der Waals surface area contributed by atoms with Crippen molar-refractivity contribution in [2.45, 2.75) is 32.7 Å². The third-order valence-electron chi connectivity index (χ3n) is 5.29. The predicted molar refractivity (Wildman–Crippen MR) is 130 cm³/mol. The van der Waals surface area contributed by atoms with Crippen molar-refractivity contribution in [2.24, 2.45) is 4.99 Å². The molecular weight excluding hydrogens is 440 g/mol. The Bertz CT molecular complexity index is 1360. The first kappa shape index (κ1) is 22.2. The maximum atomic E-state index is 13.5. The Kier molecular flexibility index (Phi) is 6.39. The fourth-order valence-electron chi connectivity index (χ4n) is 3.64. The van der Waals surface area contributed by atoms with Gasteiger partial charge in [0.1, 0.15) is 12.6 Å². The largest absolute Gasteiger partial charge is 0.458 e. The third-order valence-corrected chi connectivity index (χ3v) is 7.20. The molecule has 1 aliphatic rings. The molecule has 1 unspecified atom stereocenters. The molecule has 0 aliphatic carbocycles. The maximum Gasteiger partial charge on any atom is 0.338 e. The lowest BCUT2D eigenvalue weighted by Gasteiger charge is -2.23. The summed E-state index contributed by atoms with van der Waals surface area (Å²) in [4.78, 5) is 32.4. The van der Waals surface area contributed by atoms with Gasteiger partial charge in [0.25, 0.3) is 5.56 Å². The van der Waals surface area contributed by atoms with Crippen LogP contribution < -0.4 is 14.9 Å². The summed E-state index contributed by atoms with van der Waals surface area (Å²) in [6, 6.07) is 11.5. The van der Waals surface area contributed by atoms with E-state index in [0.717, 1.165) is 10.4 Å². The molecule has 0 saturated heterocycles. The summed E-state index contributed by atoms with van der Waals surface area (Å²) in [6.45, 7) is 9.79. The summed E-state index contributed by atoms with van der Waals surface area (Å²) in [7, 11) is 0. The van der Waals surface area contributed by atoms with E-state index in [2.05, 4.69) is 37.6 Å². The fraction of sp³-hybridized carbons (Fsp3) is 0.240. The number of nitrogens with zero attached hydrogens (tertiary/aromatic N) is 2. The number of thiophene rings is 1. The van der Waals surface area contributed by atoms with E-state index in [-0.39, 0.29) is 12.2 Å². The van der Waals surface area contributed by atoms with E-state index < -0.39 is 12.0 Å². The number of carbonyl (C=O) groups is 1. The summed E-state index contributed by atoms with van der Waals surface area (Å²) >= 11 is 2.83. The highest BCUT2D eigenvalue weighted by atomic mass is 32.1. The summed E-state index contributed by atoms with van der Waals surface area (Å²) in [5.41, 5.74) is 2.98. The molecule has 164 valence electrons. The van der Waals surface area contributed by atoms with E-state index in [4.69, 9.17) is 4.74 Å². The second-order valence-corrected chi connectivity index (χ2v) is 9.79. The normalized spacial score (nSPS) is 16.1. The molecule has 3 heterocycles. The quantitative estimate of drug-likeness (QED) is 0.407. The van der Waals surface area contributed by atoms with Gasteiger partial charge in [-0.2, -0.15) is 0 Å². The molecule has 0 N–H and O–H groups in total. The fourth-order valence-corrected chi connectivity index (χ4v) is 5.51. The number of hydrogen-bond donors (Lipinski definition) is 0. The predicted octanol–water partition coefficient (Wildman–Crippen LogP) is 4.15. The first-order valence-electron chi connectivity index (χ1n) is 10.3.